The first kappa shape index (κ1) is 18.8. The standard InChI is InChI=1S/C21H23NO5/c1-15-7-8-18(19(11-15)25-2)26-14-21(24)27-13-20(23)22-10-9-16-5-3-4-6-17(16)12-22/h3-8,11H,9-10,12-14H2,1-2H3. The van der Waals surface area contributed by atoms with Crippen LogP contribution in [0.1, 0.15) is 16.7 Å². The van der Waals surface area contributed by atoms with Crippen LogP contribution < -0.4 is 9.47 Å². The highest BCUT2D eigenvalue weighted by Gasteiger charge is 2.21. The van der Waals surface area contributed by atoms with Gasteiger partial charge in [-0.2, -0.15) is 0 Å². The van der Waals surface area contributed by atoms with E-state index in [1.54, 1.807) is 11.0 Å². The number of carbonyl (C=O) groups is 2. The summed E-state index contributed by atoms with van der Waals surface area (Å²) in [5.41, 5.74) is 3.42. The summed E-state index contributed by atoms with van der Waals surface area (Å²) >= 11 is 0. The molecule has 6 heteroatoms. The van der Waals surface area contributed by atoms with Crippen molar-refractivity contribution < 1.29 is 23.8 Å². The molecule has 2 aromatic rings. The predicted octanol–water partition coefficient (Wildman–Crippen LogP) is 2.51. The van der Waals surface area contributed by atoms with E-state index in [-0.39, 0.29) is 19.1 Å². The maximum atomic E-state index is 12.3. The van der Waals surface area contributed by atoms with E-state index in [0.29, 0.717) is 24.6 Å². The van der Waals surface area contributed by atoms with Crippen molar-refractivity contribution >= 4 is 11.9 Å². The Bertz CT molecular complexity index is 833. The second kappa shape index (κ2) is 8.58. The molecule has 0 fully saturated rings. The summed E-state index contributed by atoms with van der Waals surface area (Å²) < 4.78 is 15.7. The Balaban J connectivity index is 1.46. The van der Waals surface area contributed by atoms with Crippen molar-refractivity contribution in [3.05, 3.63) is 59.2 Å². The molecule has 0 aromatic heterocycles. The van der Waals surface area contributed by atoms with Gasteiger partial charge in [0.05, 0.1) is 7.11 Å². The molecule has 27 heavy (non-hydrogen) atoms. The van der Waals surface area contributed by atoms with E-state index in [1.165, 1.54) is 12.7 Å². The number of methoxy groups -OCH3 is 1. The molecule has 1 amide bonds. The van der Waals surface area contributed by atoms with Crippen LogP contribution in [0.25, 0.3) is 0 Å². The van der Waals surface area contributed by atoms with Crippen molar-refractivity contribution in [3.63, 3.8) is 0 Å². The number of amides is 1. The number of benzene rings is 2. The molecule has 0 unspecified atom stereocenters. The van der Waals surface area contributed by atoms with Gasteiger partial charge in [-0.3, -0.25) is 4.79 Å². The van der Waals surface area contributed by atoms with Gasteiger partial charge >= 0.3 is 5.97 Å². The number of rotatable bonds is 6. The molecule has 2 aromatic carbocycles. The van der Waals surface area contributed by atoms with E-state index in [9.17, 15) is 9.59 Å². The first-order chi connectivity index (χ1) is 13.1. The van der Waals surface area contributed by atoms with Crippen LogP contribution in [0.2, 0.25) is 0 Å². The summed E-state index contributed by atoms with van der Waals surface area (Å²) in [5.74, 6) is 0.207. The third kappa shape index (κ3) is 4.78. The molecule has 0 atom stereocenters. The molecular weight excluding hydrogens is 346 g/mol. The summed E-state index contributed by atoms with van der Waals surface area (Å²) in [6.07, 6.45) is 0.812. The highest BCUT2D eigenvalue weighted by atomic mass is 16.6. The SMILES string of the molecule is COc1cc(C)ccc1OCC(=O)OCC(=O)N1CCc2ccccc2C1. The van der Waals surface area contributed by atoms with Crippen molar-refractivity contribution in [2.75, 3.05) is 26.9 Å². The summed E-state index contributed by atoms with van der Waals surface area (Å²) in [6, 6.07) is 13.5. The van der Waals surface area contributed by atoms with Crippen molar-refractivity contribution in [1.82, 2.24) is 4.90 Å². The third-order valence-corrected chi connectivity index (χ3v) is 4.50. The average molecular weight is 369 g/mol. The molecule has 1 aliphatic heterocycles. The van der Waals surface area contributed by atoms with E-state index in [4.69, 9.17) is 14.2 Å². The van der Waals surface area contributed by atoms with Crippen LogP contribution in [-0.2, 0) is 27.3 Å². The fourth-order valence-corrected chi connectivity index (χ4v) is 3.01. The van der Waals surface area contributed by atoms with E-state index >= 15 is 0 Å². The minimum Gasteiger partial charge on any atom is -0.493 e. The topological polar surface area (TPSA) is 65.1 Å². The third-order valence-electron chi connectivity index (χ3n) is 4.50. The Morgan fingerprint density at radius 3 is 2.59 bits per heavy atom. The second-order valence-corrected chi connectivity index (χ2v) is 6.44. The van der Waals surface area contributed by atoms with Gasteiger partial charge in [-0.05, 0) is 42.2 Å². The minimum atomic E-state index is -0.594. The van der Waals surface area contributed by atoms with Gasteiger partial charge in [0.1, 0.15) is 0 Å². The summed E-state index contributed by atoms with van der Waals surface area (Å²) in [7, 11) is 1.54. The average Bonchev–Trinajstić information content (AvgIpc) is 2.70. The molecule has 1 heterocycles. The number of carbonyl (C=O) groups excluding carboxylic acids is 2. The molecule has 1 aliphatic rings. The Hall–Kier alpha value is -3.02. The van der Waals surface area contributed by atoms with Crippen LogP contribution in [0.5, 0.6) is 11.5 Å². The van der Waals surface area contributed by atoms with Crippen LogP contribution in [0.4, 0.5) is 0 Å². The molecular formula is C21H23NO5. The zero-order valence-corrected chi connectivity index (χ0v) is 15.6. The van der Waals surface area contributed by atoms with Gasteiger partial charge in [-0.25, -0.2) is 4.79 Å². The van der Waals surface area contributed by atoms with Crippen LogP contribution >= 0.6 is 0 Å². The monoisotopic (exact) mass is 369 g/mol. The molecule has 0 saturated carbocycles. The van der Waals surface area contributed by atoms with Gasteiger partial charge in [0.15, 0.2) is 24.7 Å². The van der Waals surface area contributed by atoms with Gasteiger partial charge < -0.3 is 19.1 Å². The Kier molecular flexibility index (Phi) is 5.96. The van der Waals surface area contributed by atoms with Gasteiger partial charge in [-0.15, -0.1) is 0 Å². The van der Waals surface area contributed by atoms with Gasteiger partial charge in [-0.1, -0.05) is 30.3 Å². The van der Waals surface area contributed by atoms with E-state index in [2.05, 4.69) is 6.07 Å². The van der Waals surface area contributed by atoms with Crippen molar-refractivity contribution in [2.45, 2.75) is 19.9 Å². The fourth-order valence-electron chi connectivity index (χ4n) is 3.01. The maximum Gasteiger partial charge on any atom is 0.344 e. The first-order valence-corrected chi connectivity index (χ1v) is 8.84. The van der Waals surface area contributed by atoms with Crippen LogP contribution in [-0.4, -0.2) is 43.6 Å². The molecule has 0 aliphatic carbocycles. The summed E-state index contributed by atoms with van der Waals surface area (Å²) in [6.45, 7) is 2.55. The summed E-state index contributed by atoms with van der Waals surface area (Å²) in [5, 5.41) is 0. The van der Waals surface area contributed by atoms with Crippen molar-refractivity contribution in [2.24, 2.45) is 0 Å². The lowest BCUT2D eigenvalue weighted by Crippen LogP contribution is -2.38. The van der Waals surface area contributed by atoms with Crippen LogP contribution in [0.15, 0.2) is 42.5 Å². The van der Waals surface area contributed by atoms with Gasteiger partial charge in [0.25, 0.3) is 5.91 Å². The lowest BCUT2D eigenvalue weighted by atomic mass is 10.00. The number of esters is 1. The van der Waals surface area contributed by atoms with Crippen molar-refractivity contribution in [1.29, 1.82) is 0 Å². The van der Waals surface area contributed by atoms with E-state index < -0.39 is 5.97 Å². The molecule has 3 rings (SSSR count). The Morgan fingerprint density at radius 2 is 1.81 bits per heavy atom. The zero-order chi connectivity index (χ0) is 19.2. The highest BCUT2D eigenvalue weighted by molar-refractivity contribution is 5.81. The van der Waals surface area contributed by atoms with Crippen LogP contribution in [0.3, 0.4) is 0 Å². The Labute approximate surface area is 158 Å². The number of ether oxygens (including phenoxy) is 3. The molecule has 0 saturated heterocycles. The van der Waals surface area contributed by atoms with Gasteiger partial charge in [0, 0.05) is 13.1 Å². The maximum absolute atomic E-state index is 12.3. The molecule has 0 radical (unpaired) electrons. The first-order valence-electron chi connectivity index (χ1n) is 8.84. The quantitative estimate of drug-likeness (QED) is 0.732. The smallest absolute Gasteiger partial charge is 0.344 e. The molecule has 0 bridgehead atoms. The van der Waals surface area contributed by atoms with Crippen LogP contribution in [0, 0.1) is 6.92 Å². The zero-order valence-electron chi connectivity index (χ0n) is 15.6. The molecule has 6 nitrogen and oxygen atoms in total. The van der Waals surface area contributed by atoms with Gasteiger partial charge in [0.2, 0.25) is 0 Å². The lowest BCUT2D eigenvalue weighted by molar-refractivity contribution is -0.154. The number of fused-ring (bicyclic) bond motifs is 1. The number of nitrogens with zero attached hydrogens (tertiary/aromatic N) is 1. The van der Waals surface area contributed by atoms with E-state index in [1.807, 2.05) is 37.3 Å². The molecule has 0 spiro atoms. The highest BCUT2D eigenvalue weighted by Crippen LogP contribution is 2.27. The Morgan fingerprint density at radius 1 is 1.04 bits per heavy atom. The molecule has 142 valence electrons. The largest absolute Gasteiger partial charge is 0.493 e. The fraction of sp³-hybridized carbons (Fsp3) is 0.333. The van der Waals surface area contributed by atoms with Crippen molar-refractivity contribution in [3.8, 4) is 11.5 Å². The number of hydrogen-bond donors (Lipinski definition) is 0. The number of aryl methyl sites for hydroxylation is 1. The van der Waals surface area contributed by atoms with E-state index in [0.717, 1.165) is 17.5 Å². The summed E-state index contributed by atoms with van der Waals surface area (Å²) in [4.78, 5) is 25.9. The number of hydrogen-bond acceptors (Lipinski definition) is 5. The molecule has 0 N–H and O–H groups in total. The normalized spacial score (nSPS) is 12.9. The lowest BCUT2D eigenvalue weighted by Gasteiger charge is -2.28. The minimum absolute atomic E-state index is 0.203. The predicted molar refractivity (Wildman–Crippen MR) is 99.7 cm³/mol. The second-order valence-electron chi connectivity index (χ2n) is 6.44.